The lowest BCUT2D eigenvalue weighted by molar-refractivity contribution is 0.102. The molecule has 0 unspecified atom stereocenters. The first-order valence-electron chi connectivity index (χ1n) is 3.92. The highest BCUT2D eigenvalue weighted by Gasteiger charge is 2.11. The summed E-state index contributed by atoms with van der Waals surface area (Å²) in [5.74, 6) is -0.0408. The van der Waals surface area contributed by atoms with Crippen LogP contribution < -0.4 is 11.1 Å². The minimum Gasteiger partial charge on any atom is -0.374 e. The summed E-state index contributed by atoms with van der Waals surface area (Å²) in [4.78, 5) is 19.2. The van der Waals surface area contributed by atoms with Crippen LogP contribution >= 0.6 is 11.3 Å². The maximum Gasteiger partial charge on any atom is 0.287 e. The van der Waals surface area contributed by atoms with Gasteiger partial charge in [0.15, 0.2) is 5.82 Å². The van der Waals surface area contributed by atoms with Gasteiger partial charge in [-0.1, -0.05) is 11.3 Å². The zero-order valence-corrected chi connectivity index (χ0v) is 8.23. The summed E-state index contributed by atoms with van der Waals surface area (Å²) >= 11 is 1.01. The first-order chi connectivity index (χ1) is 7.25. The summed E-state index contributed by atoms with van der Waals surface area (Å²) in [5.41, 5.74) is 5.35. The van der Waals surface area contributed by atoms with Crippen molar-refractivity contribution in [1.29, 1.82) is 0 Å². The standard InChI is InChI=1S/C7H6N6OS/c8-7-13-12-6(15-7)5(14)11-4-3-9-1-2-10-4/h1-3H,(H2,8,13)(H,10,11,14). The van der Waals surface area contributed by atoms with E-state index in [1.54, 1.807) is 0 Å². The Hall–Kier alpha value is -2.09. The van der Waals surface area contributed by atoms with Gasteiger partial charge in [-0.3, -0.25) is 9.78 Å². The number of amides is 1. The molecule has 0 saturated carbocycles. The zero-order chi connectivity index (χ0) is 10.7. The maximum atomic E-state index is 11.5. The van der Waals surface area contributed by atoms with Gasteiger partial charge in [0.1, 0.15) is 0 Å². The molecule has 2 rings (SSSR count). The second-order valence-electron chi connectivity index (χ2n) is 2.49. The Balaban J connectivity index is 2.11. The Kier molecular flexibility index (Phi) is 2.50. The van der Waals surface area contributed by atoms with Crippen LogP contribution in [0.4, 0.5) is 10.9 Å². The number of carbonyl (C=O) groups is 1. The highest BCUT2D eigenvalue weighted by molar-refractivity contribution is 7.16. The number of hydrogen-bond donors (Lipinski definition) is 2. The highest BCUT2D eigenvalue weighted by atomic mass is 32.1. The molecule has 0 spiro atoms. The van der Waals surface area contributed by atoms with E-state index >= 15 is 0 Å². The SMILES string of the molecule is Nc1nnc(C(=O)Nc2cnccn2)s1. The van der Waals surface area contributed by atoms with E-state index in [0.717, 1.165) is 11.3 Å². The second-order valence-corrected chi connectivity index (χ2v) is 3.50. The Bertz CT molecular complexity index is 469. The molecule has 8 heteroatoms. The number of hydrogen-bond acceptors (Lipinski definition) is 7. The predicted molar refractivity (Wildman–Crippen MR) is 54.3 cm³/mol. The van der Waals surface area contributed by atoms with E-state index in [9.17, 15) is 4.79 Å². The van der Waals surface area contributed by atoms with Crippen molar-refractivity contribution in [1.82, 2.24) is 20.2 Å². The lowest BCUT2D eigenvalue weighted by atomic mass is 10.6. The van der Waals surface area contributed by atoms with Crippen LogP contribution in [0.15, 0.2) is 18.6 Å². The normalized spacial score (nSPS) is 9.87. The van der Waals surface area contributed by atoms with E-state index in [-0.39, 0.29) is 10.1 Å². The van der Waals surface area contributed by atoms with Gasteiger partial charge in [0.2, 0.25) is 10.1 Å². The fourth-order valence-corrected chi connectivity index (χ4v) is 1.36. The molecular formula is C7H6N6OS. The number of nitrogens with zero attached hydrogens (tertiary/aromatic N) is 4. The molecule has 2 aromatic heterocycles. The van der Waals surface area contributed by atoms with Gasteiger partial charge in [0, 0.05) is 12.4 Å². The molecule has 2 aromatic rings. The molecule has 0 aliphatic rings. The maximum absolute atomic E-state index is 11.5. The van der Waals surface area contributed by atoms with Gasteiger partial charge >= 0.3 is 0 Å². The van der Waals surface area contributed by atoms with Crippen molar-refractivity contribution in [2.24, 2.45) is 0 Å². The number of nitrogen functional groups attached to an aromatic ring is 1. The molecule has 0 bridgehead atoms. The molecular weight excluding hydrogens is 216 g/mol. The van der Waals surface area contributed by atoms with Crippen molar-refractivity contribution >= 4 is 28.2 Å². The average molecular weight is 222 g/mol. The Morgan fingerprint density at radius 1 is 1.40 bits per heavy atom. The summed E-state index contributed by atoms with van der Waals surface area (Å²) in [7, 11) is 0. The summed E-state index contributed by atoms with van der Waals surface area (Å²) in [6, 6.07) is 0. The number of aromatic nitrogens is 4. The molecule has 7 nitrogen and oxygen atoms in total. The Labute approximate surface area is 88.4 Å². The molecule has 1 amide bonds. The van der Waals surface area contributed by atoms with Gasteiger partial charge in [-0.25, -0.2) is 4.98 Å². The van der Waals surface area contributed by atoms with Crippen LogP contribution in [0.1, 0.15) is 9.80 Å². The largest absolute Gasteiger partial charge is 0.374 e. The Morgan fingerprint density at radius 2 is 2.27 bits per heavy atom. The minimum absolute atomic E-state index is 0.193. The minimum atomic E-state index is -0.398. The molecule has 76 valence electrons. The number of nitrogens with two attached hydrogens (primary N) is 1. The van der Waals surface area contributed by atoms with E-state index < -0.39 is 5.91 Å². The molecule has 15 heavy (non-hydrogen) atoms. The smallest absolute Gasteiger partial charge is 0.287 e. The molecule has 0 aliphatic heterocycles. The second kappa shape index (κ2) is 3.96. The lowest BCUT2D eigenvalue weighted by Gasteiger charge is -1.98. The molecule has 2 heterocycles. The van der Waals surface area contributed by atoms with Gasteiger partial charge in [0.25, 0.3) is 5.91 Å². The first kappa shape index (κ1) is 9.46. The van der Waals surface area contributed by atoms with E-state index in [4.69, 9.17) is 5.73 Å². The third-order valence-corrected chi connectivity index (χ3v) is 2.19. The summed E-state index contributed by atoms with van der Waals surface area (Å²) in [6.45, 7) is 0. The number of rotatable bonds is 2. The van der Waals surface area contributed by atoms with Crippen molar-refractivity contribution in [3.8, 4) is 0 Å². The van der Waals surface area contributed by atoms with Crippen LogP contribution in [-0.4, -0.2) is 26.1 Å². The van der Waals surface area contributed by atoms with Crippen LogP contribution in [-0.2, 0) is 0 Å². The van der Waals surface area contributed by atoms with Crippen LogP contribution in [0.3, 0.4) is 0 Å². The van der Waals surface area contributed by atoms with E-state index in [1.807, 2.05) is 0 Å². The number of nitrogens with one attached hydrogen (secondary N) is 1. The lowest BCUT2D eigenvalue weighted by Crippen LogP contribution is -2.12. The van der Waals surface area contributed by atoms with Crippen LogP contribution in [0, 0.1) is 0 Å². The van der Waals surface area contributed by atoms with Gasteiger partial charge in [-0.2, -0.15) is 0 Å². The predicted octanol–water partition coefficient (Wildman–Crippen LogP) is 0.163. The highest BCUT2D eigenvalue weighted by Crippen LogP contribution is 2.12. The summed E-state index contributed by atoms with van der Waals surface area (Å²) in [6.07, 6.45) is 4.42. The molecule has 3 N–H and O–H groups in total. The van der Waals surface area contributed by atoms with Crippen molar-refractivity contribution in [3.63, 3.8) is 0 Å². The fourth-order valence-electron chi connectivity index (χ4n) is 0.860. The van der Waals surface area contributed by atoms with Crippen LogP contribution in [0.2, 0.25) is 0 Å². The van der Waals surface area contributed by atoms with Gasteiger partial charge in [0.05, 0.1) is 6.20 Å². The molecule has 0 aromatic carbocycles. The van der Waals surface area contributed by atoms with E-state index in [2.05, 4.69) is 25.5 Å². The third kappa shape index (κ3) is 2.23. The fraction of sp³-hybridized carbons (Fsp3) is 0. The van der Waals surface area contributed by atoms with Crippen molar-refractivity contribution in [2.45, 2.75) is 0 Å². The molecule has 0 atom stereocenters. The summed E-state index contributed by atoms with van der Waals surface area (Å²) in [5, 5.41) is 10.1. The third-order valence-electron chi connectivity index (χ3n) is 1.44. The first-order valence-corrected chi connectivity index (χ1v) is 4.73. The number of anilines is 2. The summed E-state index contributed by atoms with van der Waals surface area (Å²) < 4.78 is 0. The topological polar surface area (TPSA) is 107 Å². The quantitative estimate of drug-likeness (QED) is 0.749. The van der Waals surface area contributed by atoms with Crippen molar-refractivity contribution in [2.75, 3.05) is 11.1 Å². The van der Waals surface area contributed by atoms with Crippen molar-refractivity contribution < 1.29 is 4.79 Å². The molecule has 0 saturated heterocycles. The van der Waals surface area contributed by atoms with E-state index in [1.165, 1.54) is 18.6 Å². The van der Waals surface area contributed by atoms with Gasteiger partial charge < -0.3 is 11.1 Å². The van der Waals surface area contributed by atoms with E-state index in [0.29, 0.717) is 5.82 Å². The zero-order valence-electron chi connectivity index (χ0n) is 7.41. The Morgan fingerprint density at radius 3 is 2.87 bits per heavy atom. The number of carbonyl (C=O) groups excluding carboxylic acids is 1. The van der Waals surface area contributed by atoms with Gasteiger partial charge in [-0.15, -0.1) is 10.2 Å². The average Bonchev–Trinajstić information content (AvgIpc) is 2.66. The monoisotopic (exact) mass is 222 g/mol. The molecule has 0 fully saturated rings. The van der Waals surface area contributed by atoms with Crippen LogP contribution in [0.25, 0.3) is 0 Å². The van der Waals surface area contributed by atoms with Crippen molar-refractivity contribution in [3.05, 3.63) is 23.6 Å². The van der Waals surface area contributed by atoms with Crippen LogP contribution in [0.5, 0.6) is 0 Å². The molecule has 0 radical (unpaired) electrons. The van der Waals surface area contributed by atoms with Gasteiger partial charge in [-0.05, 0) is 0 Å². The molecule has 0 aliphatic carbocycles.